The standard InChI is InChI=1S/C73H50N2/c1-5-19-51(20-6-1)55-33-41-59(42-34-55)74(60-43-35-56(36-44-60)52-21-7-2-8-22-52)70-50-49-66-65-29-15-18-32-69(65)73(67-30-16-13-27-63(67)64-28-14-17-31-68(64)73)71(66)72(70)75(61-45-37-57(38-46-61)53-23-9-3-10-24-53)62-47-39-58(40-48-62)54-25-11-4-12-26-54/h1-50H. The molecule has 0 fully saturated rings. The van der Waals surface area contributed by atoms with Crippen LogP contribution in [0.4, 0.5) is 34.1 Å². The monoisotopic (exact) mass is 954 g/mol. The molecule has 0 saturated carbocycles. The highest BCUT2D eigenvalue weighted by molar-refractivity contribution is 6.05. The molecule has 12 aromatic carbocycles. The van der Waals surface area contributed by atoms with Crippen molar-refractivity contribution in [1.82, 2.24) is 0 Å². The lowest BCUT2D eigenvalue weighted by Gasteiger charge is -2.39. The minimum Gasteiger partial charge on any atom is -0.308 e. The van der Waals surface area contributed by atoms with Crippen molar-refractivity contribution >= 4 is 34.1 Å². The number of fused-ring (bicyclic) bond motifs is 10. The topological polar surface area (TPSA) is 6.48 Å². The van der Waals surface area contributed by atoms with Crippen molar-refractivity contribution in [2.45, 2.75) is 5.41 Å². The van der Waals surface area contributed by atoms with E-state index in [0.717, 1.165) is 34.1 Å². The summed E-state index contributed by atoms with van der Waals surface area (Å²) >= 11 is 0. The molecule has 75 heavy (non-hydrogen) atoms. The molecule has 0 aromatic heterocycles. The van der Waals surface area contributed by atoms with E-state index in [1.165, 1.54) is 89.0 Å². The molecule has 0 saturated heterocycles. The maximum absolute atomic E-state index is 2.55. The van der Waals surface area contributed by atoms with E-state index < -0.39 is 5.41 Å². The SMILES string of the molecule is c1ccc(-c2ccc(N(c3ccc(-c4ccccc4)cc3)c3ccc4c(c3N(c3ccc(-c5ccccc5)cc3)c3ccc(-c5ccccc5)cc3)C3(c5ccccc5-c5ccccc53)c3ccccc3-4)cc2)cc1. The van der Waals surface area contributed by atoms with Gasteiger partial charge in [0, 0.05) is 28.3 Å². The second kappa shape index (κ2) is 18.4. The summed E-state index contributed by atoms with van der Waals surface area (Å²) in [5.41, 5.74) is 25.2. The molecule has 0 heterocycles. The highest BCUT2D eigenvalue weighted by Crippen LogP contribution is 2.67. The predicted octanol–water partition coefficient (Wildman–Crippen LogP) is 19.6. The molecule has 0 N–H and O–H groups in total. The van der Waals surface area contributed by atoms with Gasteiger partial charge in [0.2, 0.25) is 0 Å². The van der Waals surface area contributed by atoms with Crippen molar-refractivity contribution in [3.05, 3.63) is 326 Å². The normalized spacial score (nSPS) is 12.4. The Morgan fingerprint density at radius 2 is 0.467 bits per heavy atom. The van der Waals surface area contributed by atoms with E-state index >= 15 is 0 Å². The zero-order valence-corrected chi connectivity index (χ0v) is 41.3. The first-order valence-electron chi connectivity index (χ1n) is 25.9. The fourth-order valence-electron chi connectivity index (χ4n) is 12.1. The first kappa shape index (κ1) is 44.0. The van der Waals surface area contributed by atoms with Crippen LogP contribution < -0.4 is 9.80 Å². The zero-order valence-electron chi connectivity index (χ0n) is 41.3. The third-order valence-electron chi connectivity index (χ3n) is 15.5. The highest BCUT2D eigenvalue weighted by atomic mass is 15.2. The van der Waals surface area contributed by atoms with Gasteiger partial charge >= 0.3 is 0 Å². The quantitative estimate of drug-likeness (QED) is 0.135. The van der Waals surface area contributed by atoms with Gasteiger partial charge in [-0.15, -0.1) is 0 Å². The molecule has 0 aliphatic heterocycles. The third-order valence-corrected chi connectivity index (χ3v) is 15.5. The van der Waals surface area contributed by atoms with Crippen molar-refractivity contribution in [2.75, 3.05) is 9.80 Å². The number of rotatable bonds is 10. The predicted molar refractivity (Wildman–Crippen MR) is 314 cm³/mol. The molecule has 0 unspecified atom stereocenters. The first-order valence-corrected chi connectivity index (χ1v) is 25.9. The van der Waals surface area contributed by atoms with Gasteiger partial charge in [0.15, 0.2) is 0 Å². The van der Waals surface area contributed by atoms with Crippen LogP contribution in [0.15, 0.2) is 303 Å². The van der Waals surface area contributed by atoms with Crippen molar-refractivity contribution in [1.29, 1.82) is 0 Å². The summed E-state index contributed by atoms with van der Waals surface area (Å²) in [6.07, 6.45) is 0. The Labute approximate surface area is 439 Å². The van der Waals surface area contributed by atoms with Gasteiger partial charge in [0.1, 0.15) is 0 Å². The Balaban J connectivity index is 1.10. The molecule has 1 spiro atoms. The van der Waals surface area contributed by atoms with E-state index in [9.17, 15) is 0 Å². The minimum atomic E-state index is -0.670. The van der Waals surface area contributed by atoms with E-state index in [1.54, 1.807) is 0 Å². The number of anilines is 6. The Bertz CT molecular complexity index is 3770. The van der Waals surface area contributed by atoms with Crippen LogP contribution in [0.1, 0.15) is 22.3 Å². The van der Waals surface area contributed by atoms with E-state index in [1.807, 2.05) is 0 Å². The van der Waals surface area contributed by atoms with Crippen LogP contribution in [0.2, 0.25) is 0 Å². The molecule has 0 radical (unpaired) electrons. The van der Waals surface area contributed by atoms with Crippen LogP contribution in [0, 0.1) is 0 Å². The Morgan fingerprint density at radius 3 is 0.800 bits per heavy atom. The van der Waals surface area contributed by atoms with E-state index in [-0.39, 0.29) is 0 Å². The Morgan fingerprint density at radius 1 is 0.200 bits per heavy atom. The number of benzene rings is 12. The molecule has 0 amide bonds. The van der Waals surface area contributed by atoms with Gasteiger partial charge in [0.05, 0.1) is 16.8 Å². The molecule has 2 aliphatic carbocycles. The maximum Gasteiger partial charge on any atom is 0.0756 e. The van der Waals surface area contributed by atoms with Gasteiger partial charge in [0.25, 0.3) is 0 Å². The van der Waals surface area contributed by atoms with Crippen LogP contribution in [0.5, 0.6) is 0 Å². The third kappa shape index (κ3) is 7.33. The van der Waals surface area contributed by atoms with Gasteiger partial charge in [-0.3, -0.25) is 0 Å². The number of hydrogen-bond donors (Lipinski definition) is 0. The maximum atomic E-state index is 2.55. The molecule has 2 nitrogen and oxygen atoms in total. The molecule has 0 atom stereocenters. The van der Waals surface area contributed by atoms with Crippen LogP contribution in [-0.4, -0.2) is 0 Å². The highest BCUT2D eigenvalue weighted by Gasteiger charge is 2.54. The smallest absolute Gasteiger partial charge is 0.0756 e. The lowest BCUT2D eigenvalue weighted by molar-refractivity contribution is 0.793. The zero-order chi connectivity index (χ0) is 49.7. The summed E-state index contributed by atoms with van der Waals surface area (Å²) in [6, 6.07) is 112. The summed E-state index contributed by atoms with van der Waals surface area (Å²) in [4.78, 5) is 5.05. The molecule has 2 heteroatoms. The molecular weight excluding hydrogens is 905 g/mol. The Kier molecular flexibility index (Phi) is 10.8. The summed E-state index contributed by atoms with van der Waals surface area (Å²) < 4.78 is 0. The summed E-state index contributed by atoms with van der Waals surface area (Å²) in [6.45, 7) is 0. The van der Waals surface area contributed by atoms with Gasteiger partial charge in [-0.25, -0.2) is 0 Å². The lowest BCUT2D eigenvalue weighted by atomic mass is 9.69. The number of nitrogens with zero attached hydrogens (tertiary/aromatic N) is 2. The van der Waals surface area contributed by atoms with E-state index in [2.05, 4.69) is 313 Å². The lowest BCUT2D eigenvalue weighted by Crippen LogP contribution is -2.29. The summed E-state index contributed by atoms with van der Waals surface area (Å²) in [7, 11) is 0. The largest absolute Gasteiger partial charge is 0.308 e. The molecule has 2 aliphatic rings. The van der Waals surface area contributed by atoms with Crippen LogP contribution in [0.25, 0.3) is 66.8 Å². The fourth-order valence-corrected chi connectivity index (χ4v) is 12.1. The average Bonchev–Trinajstić information content (AvgIpc) is 4.03. The van der Waals surface area contributed by atoms with Gasteiger partial charge in [-0.1, -0.05) is 249 Å². The van der Waals surface area contributed by atoms with Crippen molar-refractivity contribution in [2.24, 2.45) is 0 Å². The van der Waals surface area contributed by atoms with E-state index in [0.29, 0.717) is 0 Å². The van der Waals surface area contributed by atoms with E-state index in [4.69, 9.17) is 0 Å². The fraction of sp³-hybridized carbons (Fsp3) is 0.0137. The second-order valence-electron chi connectivity index (χ2n) is 19.6. The number of hydrogen-bond acceptors (Lipinski definition) is 2. The van der Waals surface area contributed by atoms with Gasteiger partial charge < -0.3 is 9.80 Å². The molecule has 12 aromatic rings. The summed E-state index contributed by atoms with van der Waals surface area (Å²) in [5.74, 6) is 0. The molecule has 0 bridgehead atoms. The second-order valence-corrected chi connectivity index (χ2v) is 19.6. The summed E-state index contributed by atoms with van der Waals surface area (Å²) in [5, 5.41) is 0. The van der Waals surface area contributed by atoms with Crippen LogP contribution in [-0.2, 0) is 5.41 Å². The Hall–Kier alpha value is -9.76. The van der Waals surface area contributed by atoms with Crippen molar-refractivity contribution in [3.63, 3.8) is 0 Å². The van der Waals surface area contributed by atoms with Crippen molar-refractivity contribution in [3.8, 4) is 66.8 Å². The van der Waals surface area contributed by atoms with Crippen LogP contribution >= 0.6 is 0 Å². The molecule has 352 valence electrons. The average molecular weight is 955 g/mol. The van der Waals surface area contributed by atoms with Crippen LogP contribution in [0.3, 0.4) is 0 Å². The first-order chi connectivity index (χ1) is 37.2. The van der Waals surface area contributed by atoms with Crippen molar-refractivity contribution < 1.29 is 0 Å². The van der Waals surface area contributed by atoms with Gasteiger partial charge in [-0.05, 0) is 138 Å². The van der Waals surface area contributed by atoms with Gasteiger partial charge in [-0.2, -0.15) is 0 Å². The minimum absolute atomic E-state index is 0.670. The molecular formula is C73H50N2. The molecule has 14 rings (SSSR count).